The van der Waals surface area contributed by atoms with Gasteiger partial charge in [0.25, 0.3) is 0 Å². The molecular weight excluding hydrogens is 323 g/mol. The van der Waals surface area contributed by atoms with E-state index < -0.39 is 5.82 Å². The van der Waals surface area contributed by atoms with Gasteiger partial charge in [0.05, 0.1) is 4.47 Å². The molecule has 2 aliphatic rings. The molecule has 1 saturated carbocycles. The first kappa shape index (κ1) is 14.3. The Morgan fingerprint density at radius 1 is 1.30 bits per heavy atom. The van der Waals surface area contributed by atoms with Crippen LogP contribution in [0.3, 0.4) is 0 Å². The highest BCUT2D eigenvalue weighted by Gasteiger charge is 2.35. The van der Waals surface area contributed by atoms with E-state index in [1.54, 1.807) is 6.07 Å². The van der Waals surface area contributed by atoms with Crippen molar-refractivity contribution in [3.63, 3.8) is 0 Å². The fourth-order valence-electron chi connectivity index (χ4n) is 3.26. The second kappa shape index (κ2) is 6.00. The summed E-state index contributed by atoms with van der Waals surface area (Å²) in [6.07, 6.45) is 3.66. The average molecular weight is 343 g/mol. The SMILES string of the molecule is Oc1c([C@@H](C2CCC2)N2CCNCC2)ccc(F)c1Br. The molecule has 0 aromatic heterocycles. The lowest BCUT2D eigenvalue weighted by Gasteiger charge is -2.43. The second-order valence-electron chi connectivity index (χ2n) is 5.72. The molecule has 1 atom stereocenters. The number of piperazine rings is 1. The lowest BCUT2D eigenvalue weighted by Crippen LogP contribution is -2.47. The van der Waals surface area contributed by atoms with Gasteiger partial charge in [-0.2, -0.15) is 0 Å². The monoisotopic (exact) mass is 342 g/mol. The molecule has 2 N–H and O–H groups in total. The van der Waals surface area contributed by atoms with Gasteiger partial charge in [0, 0.05) is 37.8 Å². The van der Waals surface area contributed by atoms with E-state index in [2.05, 4.69) is 26.1 Å². The molecule has 5 heteroatoms. The highest BCUT2D eigenvalue weighted by atomic mass is 79.9. The van der Waals surface area contributed by atoms with E-state index >= 15 is 0 Å². The number of benzene rings is 1. The van der Waals surface area contributed by atoms with E-state index in [-0.39, 0.29) is 16.3 Å². The average Bonchev–Trinajstić information content (AvgIpc) is 2.42. The minimum absolute atomic E-state index is 0.0698. The number of hydrogen-bond donors (Lipinski definition) is 2. The molecule has 0 bridgehead atoms. The van der Waals surface area contributed by atoms with Crippen LogP contribution < -0.4 is 5.32 Å². The maximum absolute atomic E-state index is 13.5. The van der Waals surface area contributed by atoms with E-state index in [4.69, 9.17) is 0 Å². The number of nitrogens with zero attached hydrogens (tertiary/aromatic N) is 1. The first-order valence-electron chi connectivity index (χ1n) is 7.30. The zero-order chi connectivity index (χ0) is 14.1. The first-order chi connectivity index (χ1) is 9.68. The maximum atomic E-state index is 13.5. The van der Waals surface area contributed by atoms with E-state index in [1.807, 2.05) is 0 Å². The number of rotatable bonds is 3. The predicted molar refractivity (Wildman–Crippen MR) is 80.3 cm³/mol. The van der Waals surface area contributed by atoms with Crippen molar-refractivity contribution in [1.29, 1.82) is 0 Å². The normalized spacial score (nSPS) is 22.5. The molecule has 0 amide bonds. The summed E-state index contributed by atoms with van der Waals surface area (Å²) >= 11 is 3.16. The highest BCUT2D eigenvalue weighted by Crippen LogP contribution is 2.46. The van der Waals surface area contributed by atoms with Crippen LogP contribution in [0.2, 0.25) is 0 Å². The number of hydrogen-bond acceptors (Lipinski definition) is 3. The van der Waals surface area contributed by atoms with E-state index in [9.17, 15) is 9.50 Å². The van der Waals surface area contributed by atoms with Gasteiger partial charge in [-0.1, -0.05) is 12.5 Å². The second-order valence-corrected chi connectivity index (χ2v) is 6.51. The van der Waals surface area contributed by atoms with Crippen molar-refractivity contribution in [2.24, 2.45) is 5.92 Å². The molecule has 0 spiro atoms. The molecule has 3 rings (SSSR count). The summed E-state index contributed by atoms with van der Waals surface area (Å²) < 4.78 is 13.7. The Morgan fingerprint density at radius 3 is 2.60 bits per heavy atom. The summed E-state index contributed by atoms with van der Waals surface area (Å²) in [5, 5.41) is 13.7. The van der Waals surface area contributed by atoms with Crippen molar-refractivity contribution >= 4 is 15.9 Å². The van der Waals surface area contributed by atoms with E-state index in [0.29, 0.717) is 5.92 Å². The summed E-state index contributed by atoms with van der Waals surface area (Å²) in [4.78, 5) is 2.43. The van der Waals surface area contributed by atoms with Gasteiger partial charge in [-0.15, -0.1) is 0 Å². The quantitative estimate of drug-likeness (QED) is 0.886. The summed E-state index contributed by atoms with van der Waals surface area (Å²) in [7, 11) is 0. The number of phenolic OH excluding ortho intramolecular Hbond substituents is 1. The van der Waals surface area contributed by atoms with Crippen molar-refractivity contribution < 1.29 is 9.50 Å². The van der Waals surface area contributed by atoms with Gasteiger partial charge in [0.15, 0.2) is 0 Å². The number of phenols is 1. The molecule has 1 saturated heterocycles. The molecule has 1 aromatic carbocycles. The zero-order valence-corrected chi connectivity index (χ0v) is 13.0. The third kappa shape index (κ3) is 2.59. The van der Waals surface area contributed by atoms with Crippen LogP contribution in [-0.4, -0.2) is 36.2 Å². The molecule has 1 heterocycles. The van der Waals surface area contributed by atoms with E-state index in [0.717, 1.165) is 31.7 Å². The summed E-state index contributed by atoms with van der Waals surface area (Å²) in [6.45, 7) is 3.92. The summed E-state index contributed by atoms with van der Waals surface area (Å²) in [6, 6.07) is 3.41. The molecular formula is C15H20BrFN2O. The molecule has 110 valence electrons. The van der Waals surface area contributed by atoms with Gasteiger partial charge >= 0.3 is 0 Å². The lowest BCUT2D eigenvalue weighted by molar-refractivity contribution is 0.0818. The lowest BCUT2D eigenvalue weighted by atomic mass is 9.76. The number of nitrogens with one attached hydrogen (secondary N) is 1. The third-order valence-corrected chi connectivity index (χ3v) is 5.31. The Kier molecular flexibility index (Phi) is 4.29. The molecule has 1 aromatic rings. The van der Waals surface area contributed by atoms with Crippen LogP contribution in [0.15, 0.2) is 16.6 Å². The maximum Gasteiger partial charge on any atom is 0.141 e. The Labute approximate surface area is 127 Å². The largest absolute Gasteiger partial charge is 0.506 e. The molecule has 1 aliphatic carbocycles. The standard InChI is InChI=1S/C15H20BrFN2O/c16-13-12(17)5-4-11(15(13)20)14(10-2-1-3-10)19-8-6-18-7-9-19/h4-5,10,14,18,20H,1-3,6-9H2/t14-/m1/s1. The Bertz CT molecular complexity index is 487. The Hall–Kier alpha value is -0.650. The van der Waals surface area contributed by atoms with Gasteiger partial charge in [0.2, 0.25) is 0 Å². The summed E-state index contributed by atoms with van der Waals surface area (Å²) in [5.41, 5.74) is 0.866. The zero-order valence-electron chi connectivity index (χ0n) is 11.4. The van der Waals surface area contributed by atoms with Crippen LogP contribution in [0, 0.1) is 11.7 Å². The van der Waals surface area contributed by atoms with E-state index in [1.165, 1.54) is 25.3 Å². The molecule has 0 unspecified atom stereocenters. The van der Waals surface area contributed by atoms with Gasteiger partial charge < -0.3 is 10.4 Å². The van der Waals surface area contributed by atoms with Crippen LogP contribution in [0.4, 0.5) is 4.39 Å². The molecule has 20 heavy (non-hydrogen) atoms. The molecule has 1 aliphatic heterocycles. The topological polar surface area (TPSA) is 35.5 Å². The van der Waals surface area contributed by atoms with Crippen LogP contribution in [0.1, 0.15) is 30.9 Å². The van der Waals surface area contributed by atoms with Crippen molar-refractivity contribution in [2.75, 3.05) is 26.2 Å². The van der Waals surface area contributed by atoms with Crippen molar-refractivity contribution in [2.45, 2.75) is 25.3 Å². The van der Waals surface area contributed by atoms with Crippen molar-refractivity contribution in [3.8, 4) is 5.75 Å². The highest BCUT2D eigenvalue weighted by molar-refractivity contribution is 9.10. The third-order valence-electron chi connectivity index (χ3n) is 4.56. The summed E-state index contributed by atoms with van der Waals surface area (Å²) in [5.74, 6) is 0.246. The van der Waals surface area contributed by atoms with Crippen molar-refractivity contribution in [3.05, 3.63) is 28.0 Å². The fourth-order valence-corrected chi connectivity index (χ4v) is 3.62. The van der Waals surface area contributed by atoms with Crippen LogP contribution >= 0.6 is 15.9 Å². The Morgan fingerprint density at radius 2 is 2.00 bits per heavy atom. The van der Waals surface area contributed by atoms with Gasteiger partial charge in [0.1, 0.15) is 11.6 Å². The predicted octanol–water partition coefficient (Wildman–Crippen LogP) is 3.04. The number of halogens is 2. The number of aromatic hydroxyl groups is 1. The molecule has 2 fully saturated rings. The molecule has 0 radical (unpaired) electrons. The fraction of sp³-hybridized carbons (Fsp3) is 0.600. The van der Waals surface area contributed by atoms with Crippen LogP contribution in [0.25, 0.3) is 0 Å². The Balaban J connectivity index is 1.94. The first-order valence-corrected chi connectivity index (χ1v) is 8.09. The minimum Gasteiger partial charge on any atom is -0.506 e. The van der Waals surface area contributed by atoms with Gasteiger partial charge in [-0.05, 0) is 40.8 Å². The van der Waals surface area contributed by atoms with Crippen LogP contribution in [-0.2, 0) is 0 Å². The smallest absolute Gasteiger partial charge is 0.141 e. The van der Waals surface area contributed by atoms with Gasteiger partial charge in [-0.25, -0.2) is 4.39 Å². The van der Waals surface area contributed by atoms with Crippen molar-refractivity contribution in [1.82, 2.24) is 10.2 Å². The van der Waals surface area contributed by atoms with Gasteiger partial charge in [-0.3, -0.25) is 4.90 Å². The van der Waals surface area contributed by atoms with Crippen LogP contribution in [0.5, 0.6) is 5.75 Å². The minimum atomic E-state index is -0.404. The molecule has 3 nitrogen and oxygen atoms in total.